The summed E-state index contributed by atoms with van der Waals surface area (Å²) in [6, 6.07) is 12.4. The fourth-order valence-electron chi connectivity index (χ4n) is 3.27. The molecule has 0 aliphatic heterocycles. The highest BCUT2D eigenvalue weighted by Gasteiger charge is 2.16. The van der Waals surface area contributed by atoms with Crippen LogP contribution in [0.1, 0.15) is 30.8 Å². The Balaban J connectivity index is 1.78. The molecule has 0 unspecified atom stereocenters. The Morgan fingerprint density at radius 2 is 2.00 bits per heavy atom. The summed E-state index contributed by atoms with van der Waals surface area (Å²) in [6.45, 7) is 4.61. The summed E-state index contributed by atoms with van der Waals surface area (Å²) < 4.78 is 1.90. The lowest BCUT2D eigenvalue weighted by atomic mass is 10.0. The van der Waals surface area contributed by atoms with Gasteiger partial charge < -0.3 is 20.1 Å². The van der Waals surface area contributed by atoms with E-state index in [9.17, 15) is 4.79 Å². The van der Waals surface area contributed by atoms with E-state index in [-0.39, 0.29) is 12.5 Å². The maximum absolute atomic E-state index is 12.5. The lowest BCUT2D eigenvalue weighted by molar-refractivity contribution is 0.0947. The predicted octanol–water partition coefficient (Wildman–Crippen LogP) is 4.06. The van der Waals surface area contributed by atoms with Crippen molar-refractivity contribution in [1.82, 2.24) is 19.7 Å². The van der Waals surface area contributed by atoms with Gasteiger partial charge in [-0.25, -0.2) is 9.97 Å². The number of nitrogens with one attached hydrogen (secondary N) is 2. The Labute approximate surface area is 184 Å². The first-order valence-electron chi connectivity index (χ1n) is 10.2. The molecule has 1 aromatic carbocycles. The van der Waals surface area contributed by atoms with Gasteiger partial charge >= 0.3 is 0 Å². The Morgan fingerprint density at radius 1 is 1.19 bits per heavy atom. The third-order valence-electron chi connectivity index (χ3n) is 4.69. The number of aliphatic hydroxyl groups excluding tert-OH is 1. The maximum Gasteiger partial charge on any atom is 0.271 e. The van der Waals surface area contributed by atoms with Gasteiger partial charge in [0.15, 0.2) is 5.13 Å². The van der Waals surface area contributed by atoms with Gasteiger partial charge in [0.25, 0.3) is 5.91 Å². The van der Waals surface area contributed by atoms with Gasteiger partial charge in [0, 0.05) is 48.9 Å². The van der Waals surface area contributed by atoms with E-state index in [0.717, 1.165) is 26.7 Å². The largest absolute Gasteiger partial charge is 0.396 e. The summed E-state index contributed by atoms with van der Waals surface area (Å²) in [6.07, 6.45) is 6.10. The number of thiazole rings is 1. The molecule has 0 aliphatic carbocycles. The maximum atomic E-state index is 12.5. The van der Waals surface area contributed by atoms with Crippen molar-refractivity contribution in [3.05, 3.63) is 60.7 Å². The van der Waals surface area contributed by atoms with Crippen LogP contribution in [0.5, 0.6) is 0 Å². The van der Waals surface area contributed by atoms with Crippen LogP contribution >= 0.6 is 11.3 Å². The minimum atomic E-state index is -0.251. The van der Waals surface area contributed by atoms with Crippen LogP contribution < -0.4 is 10.6 Å². The highest BCUT2D eigenvalue weighted by Crippen LogP contribution is 2.34. The minimum absolute atomic E-state index is 0.0372. The molecule has 0 saturated carbocycles. The number of carbonyl (C=O) groups excluding carboxylic acids is 1. The zero-order chi connectivity index (χ0) is 21.8. The van der Waals surface area contributed by atoms with Crippen molar-refractivity contribution in [2.75, 3.05) is 18.5 Å². The molecule has 3 heterocycles. The number of benzene rings is 1. The topological polar surface area (TPSA) is 91.5 Å². The number of hydrogen-bond donors (Lipinski definition) is 3. The van der Waals surface area contributed by atoms with Crippen LogP contribution in [0.3, 0.4) is 0 Å². The minimum Gasteiger partial charge on any atom is -0.396 e. The van der Waals surface area contributed by atoms with E-state index in [1.54, 1.807) is 17.5 Å². The first-order chi connectivity index (χ1) is 15.0. The number of carbonyl (C=O) groups is 1. The number of rotatable bonds is 8. The zero-order valence-electron chi connectivity index (χ0n) is 17.5. The molecule has 4 aromatic rings. The standard InChI is InChI=1S/C23H25N5O2S/c1-15(2)26-23-25-12-20(31-23)17-11-18(16-7-4-3-5-8-16)21-27-19(14-28(21)13-17)22(30)24-9-6-10-29/h3-5,7-8,11-15,29H,6,9-10H2,1-2H3,(H,24,30)(H,25,26). The average Bonchev–Trinajstić information content (AvgIpc) is 3.40. The monoisotopic (exact) mass is 435 g/mol. The molecule has 0 saturated heterocycles. The molecule has 3 aromatic heterocycles. The molecule has 31 heavy (non-hydrogen) atoms. The van der Waals surface area contributed by atoms with Crippen molar-refractivity contribution in [2.45, 2.75) is 26.3 Å². The van der Waals surface area contributed by atoms with Gasteiger partial charge in [-0.2, -0.15) is 0 Å². The number of aliphatic hydroxyl groups is 1. The average molecular weight is 436 g/mol. The lowest BCUT2D eigenvalue weighted by Crippen LogP contribution is -2.25. The molecular weight excluding hydrogens is 410 g/mol. The Bertz CT molecular complexity index is 1180. The van der Waals surface area contributed by atoms with Crippen molar-refractivity contribution >= 4 is 28.0 Å². The van der Waals surface area contributed by atoms with Gasteiger partial charge in [-0.3, -0.25) is 4.79 Å². The normalized spacial score (nSPS) is 11.2. The zero-order valence-corrected chi connectivity index (χ0v) is 18.3. The fourth-order valence-corrected chi connectivity index (χ4v) is 4.21. The second kappa shape index (κ2) is 9.28. The molecule has 0 atom stereocenters. The molecule has 0 aliphatic rings. The van der Waals surface area contributed by atoms with Gasteiger partial charge in [-0.05, 0) is 31.9 Å². The number of hydrogen-bond acceptors (Lipinski definition) is 6. The number of fused-ring (bicyclic) bond motifs is 1. The van der Waals surface area contributed by atoms with Gasteiger partial charge in [0.05, 0.1) is 4.88 Å². The van der Waals surface area contributed by atoms with E-state index in [0.29, 0.717) is 30.3 Å². The number of nitrogens with zero attached hydrogens (tertiary/aromatic N) is 3. The van der Waals surface area contributed by atoms with Crippen LogP contribution in [-0.4, -0.2) is 44.6 Å². The molecule has 160 valence electrons. The van der Waals surface area contributed by atoms with Crippen LogP contribution in [0, 0.1) is 0 Å². The van der Waals surface area contributed by atoms with Gasteiger partial charge in [0.2, 0.25) is 0 Å². The highest BCUT2D eigenvalue weighted by atomic mass is 32.1. The molecule has 0 bridgehead atoms. The number of amides is 1. The number of aromatic nitrogens is 3. The third-order valence-corrected chi connectivity index (χ3v) is 5.67. The van der Waals surface area contributed by atoms with Crippen LogP contribution in [0.25, 0.3) is 27.2 Å². The van der Waals surface area contributed by atoms with Crippen molar-refractivity contribution in [3.8, 4) is 21.6 Å². The molecule has 4 rings (SSSR count). The Hall–Kier alpha value is -3.23. The summed E-state index contributed by atoms with van der Waals surface area (Å²) in [5, 5.41) is 15.9. The van der Waals surface area contributed by atoms with Crippen LogP contribution in [-0.2, 0) is 0 Å². The molecule has 8 heteroatoms. The molecule has 0 fully saturated rings. The summed E-state index contributed by atoms with van der Waals surface area (Å²) in [7, 11) is 0. The van der Waals surface area contributed by atoms with Crippen LogP contribution in [0.15, 0.2) is 55.0 Å². The van der Waals surface area contributed by atoms with Crippen LogP contribution in [0.4, 0.5) is 5.13 Å². The SMILES string of the molecule is CC(C)Nc1ncc(-c2cc(-c3ccccc3)c3nc(C(=O)NCCCO)cn3c2)s1. The first-order valence-corrected chi connectivity index (χ1v) is 11.1. The number of pyridine rings is 1. The van der Waals surface area contributed by atoms with E-state index >= 15 is 0 Å². The van der Waals surface area contributed by atoms with Crippen LogP contribution in [0.2, 0.25) is 0 Å². The van der Waals surface area contributed by atoms with Gasteiger partial charge in [-0.15, -0.1) is 0 Å². The second-order valence-corrected chi connectivity index (χ2v) is 8.56. The van der Waals surface area contributed by atoms with E-state index < -0.39 is 0 Å². The summed E-state index contributed by atoms with van der Waals surface area (Å²) in [5.74, 6) is -0.251. The molecule has 0 spiro atoms. The third kappa shape index (κ3) is 4.76. The van der Waals surface area contributed by atoms with Crippen molar-refractivity contribution in [3.63, 3.8) is 0 Å². The number of imidazole rings is 1. The molecular formula is C23H25N5O2S. The molecule has 0 radical (unpaired) electrons. The van der Waals surface area contributed by atoms with E-state index in [1.807, 2.05) is 47.1 Å². The highest BCUT2D eigenvalue weighted by molar-refractivity contribution is 7.18. The predicted molar refractivity (Wildman–Crippen MR) is 125 cm³/mol. The van der Waals surface area contributed by atoms with Gasteiger partial charge in [0.1, 0.15) is 11.3 Å². The second-order valence-electron chi connectivity index (χ2n) is 7.53. The van der Waals surface area contributed by atoms with Crippen molar-refractivity contribution in [2.24, 2.45) is 0 Å². The number of anilines is 1. The van der Waals surface area contributed by atoms with E-state index in [4.69, 9.17) is 5.11 Å². The smallest absolute Gasteiger partial charge is 0.271 e. The lowest BCUT2D eigenvalue weighted by Gasteiger charge is -2.07. The molecule has 7 nitrogen and oxygen atoms in total. The fraction of sp³-hybridized carbons (Fsp3) is 0.261. The van der Waals surface area contributed by atoms with E-state index in [2.05, 4.69) is 40.5 Å². The molecule has 3 N–H and O–H groups in total. The van der Waals surface area contributed by atoms with Crippen molar-refractivity contribution in [1.29, 1.82) is 0 Å². The summed E-state index contributed by atoms with van der Waals surface area (Å²) in [4.78, 5) is 22.6. The Morgan fingerprint density at radius 3 is 2.74 bits per heavy atom. The van der Waals surface area contributed by atoms with Gasteiger partial charge in [-0.1, -0.05) is 41.7 Å². The Kier molecular flexibility index (Phi) is 6.29. The summed E-state index contributed by atoms with van der Waals surface area (Å²) in [5.41, 5.74) is 4.04. The van der Waals surface area contributed by atoms with Crippen molar-refractivity contribution < 1.29 is 9.90 Å². The van der Waals surface area contributed by atoms with E-state index in [1.165, 1.54) is 0 Å². The molecule has 1 amide bonds. The quantitative estimate of drug-likeness (QED) is 0.363. The summed E-state index contributed by atoms with van der Waals surface area (Å²) >= 11 is 1.59. The first kappa shape index (κ1) is 21.0.